The number of benzene rings is 3. The van der Waals surface area contributed by atoms with Crippen LogP contribution in [0, 0.1) is 5.82 Å². The number of para-hydroxylation sites is 1. The Balaban J connectivity index is 1.62. The molecule has 0 bridgehead atoms. The summed E-state index contributed by atoms with van der Waals surface area (Å²) in [5.41, 5.74) is 2.72. The molecule has 0 saturated heterocycles. The first kappa shape index (κ1) is 30.7. The quantitative estimate of drug-likeness (QED) is 0.208. The number of ether oxygens (including phenoxy) is 1. The molecule has 0 radical (unpaired) electrons. The molecule has 0 N–H and O–H groups in total. The number of rotatable bonds is 11. The van der Waals surface area contributed by atoms with Crippen molar-refractivity contribution in [3.8, 4) is 0 Å². The van der Waals surface area contributed by atoms with Crippen LogP contribution in [-0.2, 0) is 28.0 Å². The highest BCUT2D eigenvalue weighted by Gasteiger charge is 2.24. The van der Waals surface area contributed by atoms with E-state index in [9.17, 15) is 18.8 Å². The third-order valence-electron chi connectivity index (χ3n) is 7.14. The van der Waals surface area contributed by atoms with Gasteiger partial charge in [0.2, 0.25) is 5.91 Å². The summed E-state index contributed by atoms with van der Waals surface area (Å²) >= 11 is 0. The van der Waals surface area contributed by atoms with Crippen LogP contribution < -0.4 is 5.43 Å². The lowest BCUT2D eigenvalue weighted by Gasteiger charge is -2.28. The number of halogens is 1. The Kier molecular flexibility index (Phi) is 9.91. The second kappa shape index (κ2) is 13.6. The maximum Gasteiger partial charge on any atom is 0.254 e. The SMILES string of the molecule is COCCCN(CC(=O)N(Cc1ccc(F)cc1)Cc1coc2ccccc2c1=O)C(=O)c1ccc(C(C)(C)C)cc1. The van der Waals surface area contributed by atoms with E-state index in [1.54, 1.807) is 55.6 Å². The summed E-state index contributed by atoms with van der Waals surface area (Å²) in [5.74, 6) is -1.02. The molecule has 4 rings (SSSR count). The smallest absolute Gasteiger partial charge is 0.254 e. The third kappa shape index (κ3) is 7.70. The van der Waals surface area contributed by atoms with Gasteiger partial charge in [0.1, 0.15) is 17.9 Å². The highest BCUT2D eigenvalue weighted by atomic mass is 19.1. The van der Waals surface area contributed by atoms with Gasteiger partial charge >= 0.3 is 0 Å². The minimum atomic E-state index is -0.390. The molecule has 0 aliphatic rings. The van der Waals surface area contributed by atoms with Gasteiger partial charge in [-0.1, -0.05) is 57.2 Å². The summed E-state index contributed by atoms with van der Waals surface area (Å²) < 4.78 is 24.5. The van der Waals surface area contributed by atoms with E-state index >= 15 is 0 Å². The first-order valence-electron chi connectivity index (χ1n) is 14.0. The largest absolute Gasteiger partial charge is 0.464 e. The molecule has 42 heavy (non-hydrogen) atoms. The maximum absolute atomic E-state index is 13.9. The Labute approximate surface area is 245 Å². The summed E-state index contributed by atoms with van der Waals surface area (Å²) in [4.78, 5) is 43.7. The molecule has 8 heteroatoms. The molecular formula is C34H37FN2O5. The second-order valence-electron chi connectivity index (χ2n) is 11.4. The number of amides is 2. The van der Waals surface area contributed by atoms with Crippen LogP contribution in [0.3, 0.4) is 0 Å². The van der Waals surface area contributed by atoms with Crippen LogP contribution in [0.25, 0.3) is 11.0 Å². The van der Waals surface area contributed by atoms with E-state index in [4.69, 9.17) is 9.15 Å². The fourth-order valence-corrected chi connectivity index (χ4v) is 4.69. The van der Waals surface area contributed by atoms with Crippen molar-refractivity contribution < 1.29 is 23.1 Å². The first-order valence-corrected chi connectivity index (χ1v) is 14.0. The fourth-order valence-electron chi connectivity index (χ4n) is 4.69. The number of carbonyl (C=O) groups is 2. The van der Waals surface area contributed by atoms with Gasteiger partial charge in [-0.15, -0.1) is 0 Å². The highest BCUT2D eigenvalue weighted by molar-refractivity contribution is 5.96. The normalized spacial score (nSPS) is 11.5. The molecule has 2 amide bonds. The maximum atomic E-state index is 13.9. The Morgan fingerprint density at radius 2 is 1.60 bits per heavy atom. The molecule has 0 aliphatic heterocycles. The third-order valence-corrected chi connectivity index (χ3v) is 7.14. The standard InChI is InChI=1S/C34H37FN2O5/c1-34(2,3)27-14-12-25(13-15-27)33(40)36(18-7-19-41-4)22-31(38)37(20-24-10-16-28(35)17-11-24)21-26-23-42-30-9-6-5-8-29(30)32(26)39/h5-6,8-17,23H,7,18-22H2,1-4H3. The minimum absolute atomic E-state index is 0.0379. The van der Waals surface area contributed by atoms with E-state index in [0.717, 1.165) is 5.56 Å². The molecule has 0 saturated carbocycles. The van der Waals surface area contributed by atoms with Crippen LogP contribution in [-0.4, -0.2) is 48.4 Å². The molecule has 0 unspecified atom stereocenters. The lowest BCUT2D eigenvalue weighted by molar-refractivity contribution is -0.133. The Bertz CT molecular complexity index is 1570. The van der Waals surface area contributed by atoms with Gasteiger partial charge in [0.05, 0.1) is 23.8 Å². The van der Waals surface area contributed by atoms with Crippen LogP contribution in [0.1, 0.15) is 54.2 Å². The molecule has 0 spiro atoms. The topological polar surface area (TPSA) is 80.1 Å². The molecular weight excluding hydrogens is 535 g/mol. The molecule has 0 aliphatic carbocycles. The molecule has 1 heterocycles. The summed E-state index contributed by atoms with van der Waals surface area (Å²) in [7, 11) is 1.59. The van der Waals surface area contributed by atoms with Gasteiger partial charge in [0, 0.05) is 32.4 Å². The zero-order valence-electron chi connectivity index (χ0n) is 24.6. The molecule has 4 aromatic rings. The van der Waals surface area contributed by atoms with Gasteiger partial charge in [-0.25, -0.2) is 4.39 Å². The van der Waals surface area contributed by atoms with Gasteiger partial charge < -0.3 is 19.0 Å². The van der Waals surface area contributed by atoms with Crippen LogP contribution >= 0.6 is 0 Å². The van der Waals surface area contributed by atoms with Gasteiger partial charge in [0.15, 0.2) is 5.43 Å². The van der Waals surface area contributed by atoms with Gasteiger partial charge in [-0.2, -0.15) is 0 Å². The average molecular weight is 573 g/mol. The Morgan fingerprint density at radius 3 is 2.26 bits per heavy atom. The molecule has 1 aromatic heterocycles. The van der Waals surface area contributed by atoms with Crippen LogP contribution in [0.5, 0.6) is 0 Å². The molecule has 220 valence electrons. The number of hydrogen-bond donors (Lipinski definition) is 0. The lowest BCUT2D eigenvalue weighted by Crippen LogP contribution is -2.43. The lowest BCUT2D eigenvalue weighted by atomic mass is 9.86. The van der Waals surface area contributed by atoms with Crippen LogP contribution in [0.4, 0.5) is 4.39 Å². The Morgan fingerprint density at radius 1 is 0.905 bits per heavy atom. The predicted molar refractivity (Wildman–Crippen MR) is 161 cm³/mol. The van der Waals surface area contributed by atoms with Crippen molar-refractivity contribution in [3.63, 3.8) is 0 Å². The average Bonchev–Trinajstić information content (AvgIpc) is 2.98. The summed E-state index contributed by atoms with van der Waals surface area (Å²) in [6.07, 6.45) is 1.91. The van der Waals surface area contributed by atoms with E-state index in [0.29, 0.717) is 47.2 Å². The van der Waals surface area contributed by atoms with Crippen molar-refractivity contribution in [2.45, 2.75) is 45.7 Å². The van der Waals surface area contributed by atoms with Gasteiger partial charge in [-0.05, 0) is 59.4 Å². The Hall–Kier alpha value is -4.30. The van der Waals surface area contributed by atoms with Gasteiger partial charge in [0.25, 0.3) is 5.91 Å². The number of methoxy groups -OCH3 is 1. The van der Waals surface area contributed by atoms with E-state index in [1.807, 2.05) is 12.1 Å². The number of carbonyl (C=O) groups excluding carboxylic acids is 2. The van der Waals surface area contributed by atoms with Crippen molar-refractivity contribution in [1.29, 1.82) is 0 Å². The van der Waals surface area contributed by atoms with Crippen molar-refractivity contribution in [2.24, 2.45) is 0 Å². The molecule has 7 nitrogen and oxygen atoms in total. The minimum Gasteiger partial charge on any atom is -0.464 e. The van der Waals surface area contributed by atoms with Crippen LogP contribution in [0.15, 0.2) is 88.3 Å². The van der Waals surface area contributed by atoms with Crippen molar-refractivity contribution >= 4 is 22.8 Å². The second-order valence-corrected chi connectivity index (χ2v) is 11.4. The molecule has 0 atom stereocenters. The number of fused-ring (bicyclic) bond motifs is 1. The highest BCUT2D eigenvalue weighted by Crippen LogP contribution is 2.23. The predicted octanol–water partition coefficient (Wildman–Crippen LogP) is 5.94. The zero-order chi connectivity index (χ0) is 30.3. The fraction of sp³-hybridized carbons (Fsp3) is 0.324. The monoisotopic (exact) mass is 572 g/mol. The van der Waals surface area contributed by atoms with Crippen LogP contribution in [0.2, 0.25) is 0 Å². The van der Waals surface area contributed by atoms with E-state index in [2.05, 4.69) is 20.8 Å². The van der Waals surface area contributed by atoms with E-state index in [1.165, 1.54) is 28.2 Å². The molecule has 3 aromatic carbocycles. The molecule has 0 fully saturated rings. The van der Waals surface area contributed by atoms with Crippen molar-refractivity contribution in [3.05, 3.63) is 117 Å². The summed E-state index contributed by atoms with van der Waals surface area (Å²) in [6.45, 7) is 6.92. The van der Waals surface area contributed by atoms with Crippen molar-refractivity contribution in [2.75, 3.05) is 26.8 Å². The van der Waals surface area contributed by atoms with E-state index in [-0.39, 0.29) is 48.1 Å². The van der Waals surface area contributed by atoms with Gasteiger partial charge in [-0.3, -0.25) is 14.4 Å². The number of nitrogens with zero attached hydrogens (tertiary/aromatic N) is 2. The summed E-state index contributed by atoms with van der Waals surface area (Å²) in [6, 6.07) is 20.2. The zero-order valence-corrected chi connectivity index (χ0v) is 24.6. The number of hydrogen-bond acceptors (Lipinski definition) is 5. The summed E-state index contributed by atoms with van der Waals surface area (Å²) in [5, 5.41) is 0.416. The van der Waals surface area contributed by atoms with E-state index < -0.39 is 0 Å². The van der Waals surface area contributed by atoms with Crippen molar-refractivity contribution in [1.82, 2.24) is 9.80 Å². The first-order chi connectivity index (χ1) is 20.1.